The summed E-state index contributed by atoms with van der Waals surface area (Å²) in [7, 11) is 2.00. The molecule has 4 heteroatoms. The lowest BCUT2D eigenvalue weighted by molar-refractivity contribution is 0.237. The van der Waals surface area contributed by atoms with Gasteiger partial charge in [0.15, 0.2) is 0 Å². The first-order valence-electron chi connectivity index (χ1n) is 8.21. The van der Waals surface area contributed by atoms with E-state index in [1.807, 2.05) is 29.9 Å². The molecule has 116 valence electrons. The first-order valence-corrected chi connectivity index (χ1v) is 8.59. The van der Waals surface area contributed by atoms with Crippen LogP contribution in [0.4, 0.5) is 0 Å². The molecule has 1 aliphatic carbocycles. The Labute approximate surface area is 136 Å². The molecule has 1 saturated heterocycles. The van der Waals surface area contributed by atoms with Crippen molar-refractivity contribution in [2.24, 2.45) is 13.0 Å². The fourth-order valence-corrected chi connectivity index (χ4v) is 4.38. The van der Waals surface area contributed by atoms with Gasteiger partial charge in [-0.25, -0.2) is 0 Å². The van der Waals surface area contributed by atoms with Gasteiger partial charge < -0.3 is 0 Å². The number of rotatable bonds is 3. The summed E-state index contributed by atoms with van der Waals surface area (Å²) in [5.41, 5.74) is 3.51. The average molecular weight is 316 g/mol. The molecule has 2 bridgehead atoms. The van der Waals surface area contributed by atoms with Gasteiger partial charge in [-0.2, -0.15) is 5.10 Å². The van der Waals surface area contributed by atoms with E-state index in [4.69, 9.17) is 11.6 Å². The van der Waals surface area contributed by atoms with Gasteiger partial charge in [-0.1, -0.05) is 30.2 Å². The van der Waals surface area contributed by atoms with Gasteiger partial charge >= 0.3 is 0 Å². The Balaban J connectivity index is 1.62. The second-order valence-electron chi connectivity index (χ2n) is 6.80. The third kappa shape index (κ3) is 2.68. The van der Waals surface area contributed by atoms with Crippen LogP contribution in [0.3, 0.4) is 0 Å². The van der Waals surface area contributed by atoms with E-state index in [0.29, 0.717) is 0 Å². The molecule has 2 aliphatic rings. The molecular formula is C18H22ClN3. The summed E-state index contributed by atoms with van der Waals surface area (Å²) in [4.78, 5) is 2.67. The van der Waals surface area contributed by atoms with Crippen molar-refractivity contribution in [3.05, 3.63) is 41.0 Å². The van der Waals surface area contributed by atoms with Crippen LogP contribution < -0.4 is 0 Å². The van der Waals surface area contributed by atoms with Gasteiger partial charge in [-0.05, 0) is 37.3 Å². The number of likely N-dealkylation sites (tertiary alicyclic amines) is 1. The molecular weight excluding hydrogens is 294 g/mol. The van der Waals surface area contributed by atoms with Crippen LogP contribution in [-0.2, 0) is 13.6 Å². The molecule has 2 fully saturated rings. The largest absolute Gasteiger partial charge is 0.296 e. The van der Waals surface area contributed by atoms with Crippen molar-refractivity contribution in [2.45, 2.75) is 38.3 Å². The first-order chi connectivity index (χ1) is 10.7. The normalized spacial score (nSPS) is 24.8. The Morgan fingerprint density at radius 3 is 3.05 bits per heavy atom. The first kappa shape index (κ1) is 14.3. The molecule has 0 unspecified atom stereocenters. The topological polar surface area (TPSA) is 21.1 Å². The number of nitrogens with zero attached hydrogens (tertiary/aromatic N) is 3. The molecule has 22 heavy (non-hydrogen) atoms. The van der Waals surface area contributed by atoms with Gasteiger partial charge in [-0.3, -0.25) is 9.58 Å². The lowest BCUT2D eigenvalue weighted by atomic mass is 9.90. The van der Waals surface area contributed by atoms with Crippen LogP contribution in [-0.4, -0.2) is 27.3 Å². The van der Waals surface area contributed by atoms with Gasteiger partial charge in [0.2, 0.25) is 0 Å². The van der Waals surface area contributed by atoms with E-state index in [2.05, 4.69) is 22.3 Å². The molecule has 2 atom stereocenters. The summed E-state index contributed by atoms with van der Waals surface area (Å²) in [5.74, 6) is 0.921. The van der Waals surface area contributed by atoms with Crippen LogP contribution in [0.15, 0.2) is 30.5 Å². The lowest BCUT2D eigenvalue weighted by Gasteiger charge is -2.24. The van der Waals surface area contributed by atoms with Crippen LogP contribution in [0.1, 0.15) is 31.2 Å². The zero-order valence-corrected chi connectivity index (χ0v) is 13.8. The number of hydrogen-bond donors (Lipinski definition) is 0. The van der Waals surface area contributed by atoms with Gasteiger partial charge in [0.25, 0.3) is 0 Å². The minimum Gasteiger partial charge on any atom is -0.296 e. The van der Waals surface area contributed by atoms with Crippen LogP contribution >= 0.6 is 11.6 Å². The van der Waals surface area contributed by atoms with E-state index in [-0.39, 0.29) is 0 Å². The molecule has 0 spiro atoms. The highest BCUT2D eigenvalue weighted by Gasteiger charge is 2.35. The highest BCUT2D eigenvalue weighted by atomic mass is 35.5. The number of halogens is 1. The number of benzene rings is 1. The van der Waals surface area contributed by atoms with E-state index >= 15 is 0 Å². The summed E-state index contributed by atoms with van der Waals surface area (Å²) in [5, 5.41) is 5.45. The van der Waals surface area contributed by atoms with Crippen LogP contribution in [0.5, 0.6) is 0 Å². The van der Waals surface area contributed by atoms with E-state index in [1.165, 1.54) is 37.8 Å². The quantitative estimate of drug-likeness (QED) is 0.849. The van der Waals surface area contributed by atoms with Gasteiger partial charge in [0.1, 0.15) is 0 Å². The van der Waals surface area contributed by atoms with Gasteiger partial charge in [0.05, 0.1) is 5.69 Å². The number of fused-ring (bicyclic) bond motifs is 2. The average Bonchev–Trinajstić information content (AvgIpc) is 2.99. The predicted molar refractivity (Wildman–Crippen MR) is 89.8 cm³/mol. The maximum Gasteiger partial charge on any atom is 0.0968 e. The molecule has 1 aliphatic heterocycles. The van der Waals surface area contributed by atoms with Crippen molar-refractivity contribution in [1.82, 2.24) is 14.7 Å². The van der Waals surface area contributed by atoms with Crippen molar-refractivity contribution >= 4 is 11.6 Å². The highest BCUT2D eigenvalue weighted by Crippen LogP contribution is 2.37. The Kier molecular flexibility index (Phi) is 3.71. The third-order valence-electron chi connectivity index (χ3n) is 5.14. The Bertz CT molecular complexity index is 679. The molecule has 1 aromatic carbocycles. The van der Waals surface area contributed by atoms with Crippen LogP contribution in [0.25, 0.3) is 11.3 Å². The van der Waals surface area contributed by atoms with Gasteiger partial charge in [0, 0.05) is 48.5 Å². The fourth-order valence-electron chi connectivity index (χ4n) is 4.19. The summed E-state index contributed by atoms with van der Waals surface area (Å²) in [6, 6.07) is 8.80. The van der Waals surface area contributed by atoms with Crippen molar-refractivity contribution in [3.8, 4) is 11.3 Å². The summed E-state index contributed by atoms with van der Waals surface area (Å²) >= 11 is 6.15. The van der Waals surface area contributed by atoms with E-state index < -0.39 is 0 Å². The molecule has 4 rings (SSSR count). The second-order valence-corrected chi connectivity index (χ2v) is 7.24. The summed E-state index contributed by atoms with van der Waals surface area (Å²) in [6.45, 7) is 2.27. The smallest absolute Gasteiger partial charge is 0.0968 e. The van der Waals surface area contributed by atoms with Gasteiger partial charge in [-0.15, -0.1) is 0 Å². The highest BCUT2D eigenvalue weighted by molar-refractivity contribution is 6.30. The summed E-state index contributed by atoms with van der Waals surface area (Å²) < 4.78 is 1.92. The predicted octanol–water partition coefficient (Wildman–Crippen LogP) is 4.11. The minimum atomic E-state index is 0.770. The molecule has 0 amide bonds. The van der Waals surface area contributed by atoms with E-state index in [1.54, 1.807) is 0 Å². The van der Waals surface area contributed by atoms with Crippen molar-refractivity contribution in [3.63, 3.8) is 0 Å². The van der Waals surface area contributed by atoms with Crippen LogP contribution in [0.2, 0.25) is 5.02 Å². The van der Waals surface area contributed by atoms with Crippen molar-refractivity contribution < 1.29 is 0 Å². The maximum atomic E-state index is 6.15. The van der Waals surface area contributed by atoms with Crippen molar-refractivity contribution in [2.75, 3.05) is 6.54 Å². The zero-order chi connectivity index (χ0) is 15.1. The second kappa shape index (κ2) is 5.71. The molecule has 0 N–H and O–H groups in total. The van der Waals surface area contributed by atoms with Crippen molar-refractivity contribution in [1.29, 1.82) is 0 Å². The molecule has 0 radical (unpaired) electrons. The van der Waals surface area contributed by atoms with Crippen LogP contribution in [0, 0.1) is 5.92 Å². The molecule has 2 aromatic rings. The van der Waals surface area contributed by atoms with E-state index in [0.717, 1.165) is 34.8 Å². The Hall–Kier alpha value is -1.32. The number of hydrogen-bond acceptors (Lipinski definition) is 2. The fraction of sp³-hybridized carbons (Fsp3) is 0.500. The summed E-state index contributed by atoms with van der Waals surface area (Å²) in [6.07, 6.45) is 7.75. The number of aromatic nitrogens is 2. The Morgan fingerprint density at radius 1 is 1.32 bits per heavy atom. The molecule has 1 aromatic heterocycles. The SMILES string of the molecule is Cn1cc(CN2C[C@@H]3CCC[C@H]2C3)c(-c2cccc(Cl)c2)n1. The van der Waals surface area contributed by atoms with E-state index in [9.17, 15) is 0 Å². The standard InChI is InChI=1S/C18H22ClN3/c1-21-11-15(12-22-10-13-4-2-7-17(22)8-13)18(20-21)14-5-3-6-16(19)9-14/h3,5-6,9,11,13,17H,2,4,7-8,10,12H2,1H3/t13-,17+/m1/s1. The molecule has 3 nitrogen and oxygen atoms in total. The number of aryl methyl sites for hydroxylation is 1. The zero-order valence-electron chi connectivity index (χ0n) is 13.0. The molecule has 2 heterocycles. The monoisotopic (exact) mass is 315 g/mol. The maximum absolute atomic E-state index is 6.15. The minimum absolute atomic E-state index is 0.770. The molecule has 1 saturated carbocycles. The third-order valence-corrected chi connectivity index (χ3v) is 5.38. The Morgan fingerprint density at radius 2 is 2.23 bits per heavy atom. The lowest BCUT2D eigenvalue weighted by Crippen LogP contribution is -2.28.